The minimum Gasteiger partial charge on any atom is -0.369 e. The number of hydrogen-bond acceptors (Lipinski definition) is 6. The zero-order valence-corrected chi connectivity index (χ0v) is 8.12. The number of rotatable bonds is 1. The largest absolute Gasteiger partial charge is 0.369 e. The van der Waals surface area contributed by atoms with E-state index in [1.165, 1.54) is 4.80 Å². The second-order valence-corrected chi connectivity index (χ2v) is 2.95. The van der Waals surface area contributed by atoms with E-state index in [4.69, 9.17) is 18.0 Å². The Labute approximate surface area is 84.0 Å². The van der Waals surface area contributed by atoms with Crippen LogP contribution in [-0.4, -0.2) is 29.9 Å². The number of hydrogen-bond donors (Lipinski definition) is 2. The van der Waals surface area contributed by atoms with Gasteiger partial charge in [0.15, 0.2) is 5.82 Å². The molecule has 2 aromatic rings. The Balaban J connectivity index is 2.56. The van der Waals surface area contributed by atoms with Crippen molar-refractivity contribution < 1.29 is 0 Å². The summed E-state index contributed by atoms with van der Waals surface area (Å²) in [5.74, 6) is 0.682. The van der Waals surface area contributed by atoms with Gasteiger partial charge < -0.3 is 10.7 Å². The molecule has 8 heteroatoms. The molecule has 0 spiro atoms. The summed E-state index contributed by atoms with van der Waals surface area (Å²) in [6.07, 6.45) is 1.56. The molecule has 2 rings (SSSR count). The number of nitrogens with two attached hydrogens (primary N) is 1. The number of aromatic amines is 1. The summed E-state index contributed by atoms with van der Waals surface area (Å²) in [6, 6.07) is 0. The molecule has 0 aliphatic heterocycles. The van der Waals surface area contributed by atoms with Crippen molar-refractivity contribution in [2.75, 3.05) is 5.73 Å². The lowest BCUT2D eigenvalue weighted by Gasteiger charge is -1.96. The van der Waals surface area contributed by atoms with Crippen molar-refractivity contribution in [1.82, 2.24) is 29.9 Å². The van der Waals surface area contributed by atoms with Crippen molar-refractivity contribution in [1.29, 1.82) is 0 Å². The molecule has 0 aliphatic carbocycles. The summed E-state index contributed by atoms with van der Waals surface area (Å²) >= 11 is 4.82. The quantitative estimate of drug-likeness (QED) is 0.637. The van der Waals surface area contributed by atoms with Crippen LogP contribution in [0, 0.1) is 4.77 Å². The second-order valence-electron chi connectivity index (χ2n) is 2.58. The van der Waals surface area contributed by atoms with Crippen LogP contribution in [0.3, 0.4) is 0 Å². The summed E-state index contributed by atoms with van der Waals surface area (Å²) in [6.45, 7) is 0. The SMILES string of the molecule is Cn1ncc(-c2nc(=S)nc(N)[nH]2)n1. The van der Waals surface area contributed by atoms with E-state index in [1.54, 1.807) is 13.2 Å². The number of nitrogens with zero attached hydrogens (tertiary/aromatic N) is 5. The lowest BCUT2D eigenvalue weighted by Crippen LogP contribution is -2.00. The highest BCUT2D eigenvalue weighted by atomic mass is 32.1. The third kappa shape index (κ3) is 1.59. The number of H-pyrrole nitrogens is 1. The number of aromatic nitrogens is 6. The molecular weight excluding hydrogens is 202 g/mol. The summed E-state index contributed by atoms with van der Waals surface area (Å²) in [7, 11) is 1.71. The normalized spacial score (nSPS) is 10.4. The first-order valence-corrected chi connectivity index (χ1v) is 4.16. The maximum absolute atomic E-state index is 5.48. The Morgan fingerprint density at radius 1 is 1.50 bits per heavy atom. The third-order valence-corrected chi connectivity index (χ3v) is 1.69. The van der Waals surface area contributed by atoms with Crippen LogP contribution in [0.2, 0.25) is 0 Å². The maximum Gasteiger partial charge on any atom is 0.224 e. The van der Waals surface area contributed by atoms with Crippen LogP contribution < -0.4 is 5.73 Å². The van der Waals surface area contributed by atoms with Gasteiger partial charge in [0.2, 0.25) is 10.7 Å². The van der Waals surface area contributed by atoms with Gasteiger partial charge in [0.1, 0.15) is 5.69 Å². The van der Waals surface area contributed by atoms with Crippen LogP contribution in [0.5, 0.6) is 0 Å². The topological polar surface area (TPSA) is 98.3 Å². The first-order valence-electron chi connectivity index (χ1n) is 3.75. The summed E-state index contributed by atoms with van der Waals surface area (Å²) < 4.78 is 0.182. The second kappa shape index (κ2) is 3.14. The average Bonchev–Trinajstić information content (AvgIpc) is 2.50. The standard InChI is InChI=1S/C6H7N7S/c1-13-8-2-3(12-13)4-9-5(7)11-6(14)10-4/h2H,1H3,(H3,7,9,10,11,14). The smallest absolute Gasteiger partial charge is 0.224 e. The predicted octanol–water partition coefficient (Wildman–Crippen LogP) is -0.0881. The molecule has 0 saturated heterocycles. The minimum absolute atomic E-state index is 0.182. The first-order chi connectivity index (χ1) is 6.65. The minimum atomic E-state index is 0.182. The maximum atomic E-state index is 5.48. The van der Waals surface area contributed by atoms with E-state index in [-0.39, 0.29) is 10.7 Å². The van der Waals surface area contributed by atoms with E-state index >= 15 is 0 Å². The molecule has 14 heavy (non-hydrogen) atoms. The molecule has 0 fully saturated rings. The van der Waals surface area contributed by atoms with Gasteiger partial charge in [0, 0.05) is 7.05 Å². The Morgan fingerprint density at radius 2 is 2.29 bits per heavy atom. The summed E-state index contributed by atoms with van der Waals surface area (Å²) in [4.78, 5) is 11.9. The highest BCUT2D eigenvalue weighted by molar-refractivity contribution is 7.71. The lowest BCUT2D eigenvalue weighted by molar-refractivity contribution is 0.655. The van der Waals surface area contributed by atoms with Crippen LogP contribution in [0.4, 0.5) is 5.95 Å². The van der Waals surface area contributed by atoms with Crippen molar-refractivity contribution >= 4 is 18.2 Å². The van der Waals surface area contributed by atoms with Gasteiger partial charge in [-0.25, -0.2) is 0 Å². The molecule has 0 unspecified atom stereocenters. The van der Waals surface area contributed by atoms with E-state index in [1.807, 2.05) is 0 Å². The molecule has 3 N–H and O–H groups in total. The Morgan fingerprint density at radius 3 is 2.86 bits per heavy atom. The van der Waals surface area contributed by atoms with Crippen LogP contribution in [0.1, 0.15) is 0 Å². The van der Waals surface area contributed by atoms with Gasteiger partial charge in [-0.3, -0.25) is 0 Å². The van der Waals surface area contributed by atoms with Crippen molar-refractivity contribution in [2.45, 2.75) is 0 Å². The van der Waals surface area contributed by atoms with Gasteiger partial charge in [-0.1, -0.05) is 0 Å². The van der Waals surface area contributed by atoms with Gasteiger partial charge in [-0.15, -0.1) is 0 Å². The third-order valence-electron chi connectivity index (χ3n) is 1.51. The zero-order valence-electron chi connectivity index (χ0n) is 7.30. The number of nitrogens with one attached hydrogen (secondary N) is 1. The van der Waals surface area contributed by atoms with Crippen LogP contribution in [0.25, 0.3) is 11.5 Å². The molecular formula is C6H7N7S. The molecule has 2 aromatic heterocycles. The Bertz CT molecular complexity index is 513. The first kappa shape index (κ1) is 8.75. The average molecular weight is 209 g/mol. The van der Waals surface area contributed by atoms with Gasteiger partial charge in [0.05, 0.1) is 6.20 Å². The number of aryl methyl sites for hydroxylation is 1. The van der Waals surface area contributed by atoms with Gasteiger partial charge in [-0.2, -0.15) is 25.0 Å². The van der Waals surface area contributed by atoms with Crippen molar-refractivity contribution in [3.63, 3.8) is 0 Å². The van der Waals surface area contributed by atoms with Crippen molar-refractivity contribution in [2.24, 2.45) is 7.05 Å². The molecule has 0 aliphatic rings. The van der Waals surface area contributed by atoms with Crippen molar-refractivity contribution in [3.8, 4) is 11.5 Å². The molecule has 0 saturated carbocycles. The zero-order chi connectivity index (χ0) is 10.1. The lowest BCUT2D eigenvalue weighted by atomic mass is 10.4. The highest BCUT2D eigenvalue weighted by Crippen LogP contribution is 2.09. The van der Waals surface area contributed by atoms with E-state index in [0.29, 0.717) is 11.5 Å². The van der Waals surface area contributed by atoms with Crippen LogP contribution in [-0.2, 0) is 7.05 Å². The molecule has 0 bridgehead atoms. The monoisotopic (exact) mass is 209 g/mol. The molecule has 0 atom stereocenters. The fourth-order valence-electron chi connectivity index (χ4n) is 0.977. The molecule has 7 nitrogen and oxygen atoms in total. The number of anilines is 1. The summed E-state index contributed by atoms with van der Waals surface area (Å²) in [5, 5.41) is 7.95. The predicted molar refractivity (Wildman–Crippen MR) is 51.6 cm³/mol. The Hall–Kier alpha value is -1.83. The van der Waals surface area contributed by atoms with Gasteiger partial charge in [-0.05, 0) is 12.2 Å². The van der Waals surface area contributed by atoms with Crippen LogP contribution in [0.15, 0.2) is 6.20 Å². The van der Waals surface area contributed by atoms with Crippen LogP contribution >= 0.6 is 12.2 Å². The fourth-order valence-corrected chi connectivity index (χ4v) is 1.17. The highest BCUT2D eigenvalue weighted by Gasteiger charge is 2.05. The van der Waals surface area contributed by atoms with E-state index in [2.05, 4.69) is 25.1 Å². The van der Waals surface area contributed by atoms with Gasteiger partial charge >= 0.3 is 0 Å². The molecule has 2 heterocycles. The Kier molecular flexibility index (Phi) is 1.97. The molecule has 72 valence electrons. The fraction of sp³-hybridized carbons (Fsp3) is 0.167. The van der Waals surface area contributed by atoms with Gasteiger partial charge in [0.25, 0.3) is 0 Å². The molecule has 0 radical (unpaired) electrons. The van der Waals surface area contributed by atoms with Crippen molar-refractivity contribution in [3.05, 3.63) is 11.0 Å². The van der Waals surface area contributed by atoms with E-state index in [0.717, 1.165) is 0 Å². The summed E-state index contributed by atoms with van der Waals surface area (Å²) in [5.41, 5.74) is 6.05. The van der Waals surface area contributed by atoms with E-state index in [9.17, 15) is 0 Å². The number of nitrogen functional groups attached to an aromatic ring is 1. The molecule has 0 aromatic carbocycles. The van der Waals surface area contributed by atoms with E-state index < -0.39 is 0 Å². The molecule has 0 amide bonds.